The van der Waals surface area contributed by atoms with Crippen LogP contribution in [0.15, 0.2) is 59.4 Å². The highest BCUT2D eigenvalue weighted by molar-refractivity contribution is 5.93. The lowest BCUT2D eigenvalue weighted by molar-refractivity contribution is -0.139. The van der Waals surface area contributed by atoms with Crippen LogP contribution in [0.2, 0.25) is 0 Å². The number of carboxylic acids is 1. The van der Waals surface area contributed by atoms with Crippen molar-refractivity contribution in [2.24, 2.45) is 5.92 Å². The van der Waals surface area contributed by atoms with Crippen LogP contribution in [-0.4, -0.2) is 11.1 Å². The molecule has 128 valence electrons. The monoisotopic (exact) mass is 334 g/mol. The van der Waals surface area contributed by atoms with Gasteiger partial charge in [-0.15, -0.1) is 0 Å². The summed E-state index contributed by atoms with van der Waals surface area (Å²) in [6, 6.07) is 16.8. The maximum Gasteiger partial charge on any atom is 0.310 e. The van der Waals surface area contributed by atoms with E-state index in [0.717, 1.165) is 22.8 Å². The molecule has 0 saturated carbocycles. The van der Waals surface area contributed by atoms with Gasteiger partial charge in [0.25, 0.3) is 0 Å². The third-order valence-electron chi connectivity index (χ3n) is 4.70. The van der Waals surface area contributed by atoms with Gasteiger partial charge in [-0.1, -0.05) is 68.4 Å². The number of benzene rings is 2. The normalized spacial score (nSPS) is 12.6. The SMILES string of the molecule is CC(C)CCC(C(=O)O)c1ccc2c(=O)c3ccccc3ccc2c1. The number of fused-ring (bicyclic) bond motifs is 2. The van der Waals surface area contributed by atoms with Crippen molar-refractivity contribution in [1.82, 2.24) is 0 Å². The molecule has 0 spiro atoms. The molecular formula is C22H22O3. The fourth-order valence-electron chi connectivity index (χ4n) is 3.25. The van der Waals surface area contributed by atoms with Gasteiger partial charge in [0.2, 0.25) is 0 Å². The van der Waals surface area contributed by atoms with E-state index in [1.54, 1.807) is 12.1 Å². The van der Waals surface area contributed by atoms with Crippen molar-refractivity contribution in [3.8, 4) is 0 Å². The summed E-state index contributed by atoms with van der Waals surface area (Å²) in [4.78, 5) is 24.5. The smallest absolute Gasteiger partial charge is 0.310 e. The lowest BCUT2D eigenvalue weighted by Gasteiger charge is -2.14. The highest BCUT2D eigenvalue weighted by Gasteiger charge is 2.20. The minimum atomic E-state index is -0.812. The zero-order valence-electron chi connectivity index (χ0n) is 14.5. The molecule has 0 aliphatic heterocycles. The maximum atomic E-state index is 12.8. The van der Waals surface area contributed by atoms with Crippen LogP contribution >= 0.6 is 0 Å². The van der Waals surface area contributed by atoms with Gasteiger partial charge in [0.05, 0.1) is 5.92 Å². The molecule has 3 heteroatoms. The lowest BCUT2D eigenvalue weighted by atomic mass is 9.90. The van der Waals surface area contributed by atoms with E-state index in [-0.39, 0.29) is 5.43 Å². The maximum absolute atomic E-state index is 12.8. The quantitative estimate of drug-likeness (QED) is 0.717. The molecule has 1 atom stereocenters. The third-order valence-corrected chi connectivity index (χ3v) is 4.70. The van der Waals surface area contributed by atoms with Crippen molar-refractivity contribution < 1.29 is 9.90 Å². The molecule has 0 amide bonds. The van der Waals surface area contributed by atoms with Crippen molar-refractivity contribution in [1.29, 1.82) is 0 Å². The second-order valence-corrected chi connectivity index (χ2v) is 6.96. The molecular weight excluding hydrogens is 312 g/mol. The van der Waals surface area contributed by atoms with Gasteiger partial charge in [-0.3, -0.25) is 9.59 Å². The predicted molar refractivity (Wildman–Crippen MR) is 102 cm³/mol. The Morgan fingerprint density at radius 2 is 1.60 bits per heavy atom. The number of aliphatic carboxylic acids is 1. The first-order valence-corrected chi connectivity index (χ1v) is 8.66. The second kappa shape index (κ2) is 7.06. The van der Waals surface area contributed by atoms with Gasteiger partial charge in [0.15, 0.2) is 5.43 Å². The first-order valence-electron chi connectivity index (χ1n) is 8.66. The van der Waals surface area contributed by atoms with Gasteiger partial charge in [-0.2, -0.15) is 0 Å². The summed E-state index contributed by atoms with van der Waals surface area (Å²) in [5, 5.41) is 12.6. The molecule has 0 aliphatic carbocycles. The van der Waals surface area contributed by atoms with Gasteiger partial charge in [0, 0.05) is 10.8 Å². The predicted octanol–water partition coefficient (Wildman–Crippen LogP) is 4.96. The molecule has 25 heavy (non-hydrogen) atoms. The standard InChI is InChI=1S/C22H22O3/c1-14(2)7-11-20(22(24)25)17-10-12-19-16(13-17)9-8-15-5-3-4-6-18(15)21(19)23/h3-6,8-10,12-14,20H,7,11H2,1-2H3,(H,24,25). The molecule has 0 heterocycles. The van der Waals surface area contributed by atoms with E-state index >= 15 is 0 Å². The largest absolute Gasteiger partial charge is 0.481 e. The van der Waals surface area contributed by atoms with Gasteiger partial charge in [0.1, 0.15) is 0 Å². The van der Waals surface area contributed by atoms with E-state index in [1.165, 1.54) is 0 Å². The molecule has 3 nitrogen and oxygen atoms in total. The van der Waals surface area contributed by atoms with Gasteiger partial charge in [-0.25, -0.2) is 0 Å². The number of carbonyl (C=O) groups is 1. The molecule has 0 saturated heterocycles. The summed E-state index contributed by atoms with van der Waals surface area (Å²) >= 11 is 0. The van der Waals surface area contributed by atoms with Crippen molar-refractivity contribution in [3.05, 3.63) is 70.4 Å². The summed E-state index contributed by atoms with van der Waals surface area (Å²) in [6.07, 6.45) is 1.46. The van der Waals surface area contributed by atoms with Gasteiger partial charge >= 0.3 is 5.97 Å². The number of carboxylic acid groups (broad SMARTS) is 1. The van der Waals surface area contributed by atoms with E-state index in [1.807, 2.05) is 42.5 Å². The Kier molecular flexibility index (Phi) is 4.84. The minimum absolute atomic E-state index is 0.0174. The van der Waals surface area contributed by atoms with Crippen molar-refractivity contribution in [3.63, 3.8) is 0 Å². The third kappa shape index (κ3) is 3.55. The Bertz CT molecular complexity index is 989. The van der Waals surface area contributed by atoms with Crippen LogP contribution in [0.4, 0.5) is 0 Å². The molecule has 3 aromatic carbocycles. The average molecular weight is 334 g/mol. The Morgan fingerprint density at radius 3 is 2.32 bits per heavy atom. The van der Waals surface area contributed by atoms with Crippen LogP contribution in [0.25, 0.3) is 21.5 Å². The van der Waals surface area contributed by atoms with Crippen LogP contribution in [0.5, 0.6) is 0 Å². The minimum Gasteiger partial charge on any atom is -0.481 e. The van der Waals surface area contributed by atoms with Crippen LogP contribution in [0.1, 0.15) is 38.2 Å². The molecule has 1 unspecified atom stereocenters. The highest BCUT2D eigenvalue weighted by atomic mass is 16.4. The zero-order valence-corrected chi connectivity index (χ0v) is 14.5. The summed E-state index contributed by atoms with van der Waals surface area (Å²) in [5.41, 5.74) is 0.742. The van der Waals surface area contributed by atoms with E-state index in [4.69, 9.17) is 0 Å². The van der Waals surface area contributed by atoms with E-state index in [2.05, 4.69) is 13.8 Å². The second-order valence-electron chi connectivity index (χ2n) is 6.96. The average Bonchev–Trinajstić information content (AvgIpc) is 2.72. The van der Waals surface area contributed by atoms with Gasteiger partial charge < -0.3 is 5.11 Å². The molecule has 0 aromatic heterocycles. The van der Waals surface area contributed by atoms with Crippen molar-refractivity contribution in [2.75, 3.05) is 0 Å². The summed E-state index contributed by atoms with van der Waals surface area (Å²) in [6.45, 7) is 4.18. The Balaban J connectivity index is 2.15. The molecule has 0 radical (unpaired) electrons. The van der Waals surface area contributed by atoms with Crippen LogP contribution < -0.4 is 5.43 Å². The zero-order chi connectivity index (χ0) is 18.0. The molecule has 0 bridgehead atoms. The molecule has 0 fully saturated rings. The van der Waals surface area contributed by atoms with Crippen molar-refractivity contribution >= 4 is 27.5 Å². The fourth-order valence-corrected chi connectivity index (χ4v) is 3.25. The topological polar surface area (TPSA) is 54.4 Å². The molecule has 1 N–H and O–H groups in total. The molecule has 0 aliphatic rings. The molecule has 3 aromatic rings. The number of rotatable bonds is 5. The van der Waals surface area contributed by atoms with E-state index in [0.29, 0.717) is 23.1 Å². The lowest BCUT2D eigenvalue weighted by Crippen LogP contribution is -2.12. The summed E-state index contributed by atoms with van der Waals surface area (Å²) < 4.78 is 0. The first kappa shape index (κ1) is 17.2. The first-order chi connectivity index (χ1) is 12.0. The Hall–Kier alpha value is -2.68. The van der Waals surface area contributed by atoms with Gasteiger partial charge in [-0.05, 0) is 35.1 Å². The summed E-state index contributed by atoms with van der Waals surface area (Å²) in [5.74, 6) is -0.895. The fraction of sp³-hybridized carbons (Fsp3) is 0.273. The van der Waals surface area contributed by atoms with Crippen LogP contribution in [-0.2, 0) is 4.79 Å². The Morgan fingerprint density at radius 1 is 0.920 bits per heavy atom. The van der Waals surface area contributed by atoms with E-state index < -0.39 is 11.9 Å². The van der Waals surface area contributed by atoms with Crippen molar-refractivity contribution in [2.45, 2.75) is 32.6 Å². The Labute approximate surface area is 146 Å². The molecule has 3 rings (SSSR count). The van der Waals surface area contributed by atoms with Crippen LogP contribution in [0.3, 0.4) is 0 Å². The number of hydrogen-bond acceptors (Lipinski definition) is 2. The summed E-state index contributed by atoms with van der Waals surface area (Å²) in [7, 11) is 0. The van der Waals surface area contributed by atoms with Crippen LogP contribution in [0, 0.1) is 5.92 Å². The van der Waals surface area contributed by atoms with E-state index in [9.17, 15) is 14.7 Å². The highest BCUT2D eigenvalue weighted by Crippen LogP contribution is 2.27. The number of hydrogen-bond donors (Lipinski definition) is 1.